The summed E-state index contributed by atoms with van der Waals surface area (Å²) in [5, 5.41) is 3.99. The first-order valence-electron chi connectivity index (χ1n) is 4.04. The van der Waals surface area contributed by atoms with Gasteiger partial charge in [-0.25, -0.2) is 0 Å². The molecule has 0 spiro atoms. The molecule has 1 aromatic rings. The maximum atomic E-state index is 11.3. The standard InChI is InChI=1S/C8H13N3O/c1-2-11-7(4-6-10-11)8(12)3-5-9/h4,6H,2-3,5,9H2,1H3. The topological polar surface area (TPSA) is 60.9 Å². The fourth-order valence-electron chi connectivity index (χ4n) is 1.08. The molecule has 0 unspecified atom stereocenters. The molecule has 4 nitrogen and oxygen atoms in total. The van der Waals surface area contributed by atoms with E-state index in [0.717, 1.165) is 6.54 Å². The summed E-state index contributed by atoms with van der Waals surface area (Å²) in [6.45, 7) is 3.07. The van der Waals surface area contributed by atoms with Crippen molar-refractivity contribution in [3.05, 3.63) is 18.0 Å². The molecule has 0 bridgehead atoms. The van der Waals surface area contributed by atoms with Gasteiger partial charge in [0.1, 0.15) is 5.69 Å². The first-order chi connectivity index (χ1) is 5.79. The monoisotopic (exact) mass is 167 g/mol. The van der Waals surface area contributed by atoms with Gasteiger partial charge in [-0.1, -0.05) is 0 Å². The maximum absolute atomic E-state index is 11.3. The van der Waals surface area contributed by atoms with Crippen molar-refractivity contribution in [3.63, 3.8) is 0 Å². The van der Waals surface area contributed by atoms with Gasteiger partial charge in [0.15, 0.2) is 5.78 Å². The molecule has 0 saturated carbocycles. The van der Waals surface area contributed by atoms with Crippen LogP contribution in [-0.2, 0) is 6.54 Å². The smallest absolute Gasteiger partial charge is 0.182 e. The zero-order valence-corrected chi connectivity index (χ0v) is 7.16. The van der Waals surface area contributed by atoms with E-state index in [1.54, 1.807) is 16.9 Å². The van der Waals surface area contributed by atoms with Crippen LogP contribution in [0.2, 0.25) is 0 Å². The van der Waals surface area contributed by atoms with E-state index in [1.165, 1.54) is 0 Å². The van der Waals surface area contributed by atoms with Gasteiger partial charge in [-0.05, 0) is 19.5 Å². The van der Waals surface area contributed by atoms with Gasteiger partial charge in [-0.15, -0.1) is 0 Å². The number of carbonyl (C=O) groups is 1. The molecule has 0 fully saturated rings. The van der Waals surface area contributed by atoms with Crippen LogP contribution in [0.25, 0.3) is 0 Å². The predicted molar refractivity (Wildman–Crippen MR) is 45.9 cm³/mol. The van der Waals surface area contributed by atoms with Crippen LogP contribution in [0.1, 0.15) is 23.8 Å². The SMILES string of the molecule is CCn1nccc1C(=O)CCN. The van der Waals surface area contributed by atoms with Crippen LogP contribution in [0.15, 0.2) is 12.3 Å². The molecule has 0 atom stereocenters. The van der Waals surface area contributed by atoms with Crippen molar-refractivity contribution in [2.75, 3.05) is 6.54 Å². The first kappa shape index (κ1) is 8.93. The van der Waals surface area contributed by atoms with Gasteiger partial charge < -0.3 is 5.73 Å². The van der Waals surface area contributed by atoms with E-state index in [9.17, 15) is 4.79 Å². The van der Waals surface area contributed by atoms with Crippen molar-refractivity contribution in [1.82, 2.24) is 9.78 Å². The Labute approximate surface area is 71.4 Å². The second kappa shape index (κ2) is 4.01. The van der Waals surface area contributed by atoms with Gasteiger partial charge in [-0.3, -0.25) is 9.48 Å². The van der Waals surface area contributed by atoms with Gasteiger partial charge in [0.25, 0.3) is 0 Å². The average molecular weight is 167 g/mol. The predicted octanol–water partition coefficient (Wildman–Crippen LogP) is 0.435. The van der Waals surface area contributed by atoms with Crippen molar-refractivity contribution in [1.29, 1.82) is 0 Å². The van der Waals surface area contributed by atoms with Gasteiger partial charge in [0, 0.05) is 19.2 Å². The lowest BCUT2D eigenvalue weighted by Gasteiger charge is -2.01. The van der Waals surface area contributed by atoms with Crippen molar-refractivity contribution in [2.24, 2.45) is 5.73 Å². The molecule has 0 aliphatic rings. The molecule has 1 rings (SSSR count). The van der Waals surface area contributed by atoms with Crippen LogP contribution in [0.3, 0.4) is 0 Å². The van der Waals surface area contributed by atoms with E-state index in [2.05, 4.69) is 5.10 Å². The van der Waals surface area contributed by atoms with Crippen LogP contribution in [0.4, 0.5) is 0 Å². The zero-order valence-electron chi connectivity index (χ0n) is 7.16. The molecule has 0 saturated heterocycles. The van der Waals surface area contributed by atoms with Crippen molar-refractivity contribution in [2.45, 2.75) is 19.9 Å². The lowest BCUT2D eigenvalue weighted by molar-refractivity contribution is 0.0975. The molecule has 0 amide bonds. The van der Waals surface area contributed by atoms with Crippen molar-refractivity contribution in [3.8, 4) is 0 Å². The summed E-state index contributed by atoms with van der Waals surface area (Å²) in [6, 6.07) is 1.72. The summed E-state index contributed by atoms with van der Waals surface area (Å²) in [6.07, 6.45) is 2.03. The zero-order chi connectivity index (χ0) is 8.97. The molecule has 66 valence electrons. The maximum Gasteiger partial charge on any atom is 0.182 e. The highest BCUT2D eigenvalue weighted by Gasteiger charge is 2.08. The molecular weight excluding hydrogens is 154 g/mol. The number of aromatic nitrogens is 2. The molecule has 1 heterocycles. The molecule has 12 heavy (non-hydrogen) atoms. The Bertz CT molecular complexity index is 267. The van der Waals surface area contributed by atoms with Crippen LogP contribution in [0.5, 0.6) is 0 Å². The number of ketones is 1. The Kier molecular flexibility index (Phi) is 2.99. The largest absolute Gasteiger partial charge is 0.330 e. The van der Waals surface area contributed by atoms with Gasteiger partial charge in [0.2, 0.25) is 0 Å². The summed E-state index contributed by atoms with van der Waals surface area (Å²) in [4.78, 5) is 11.3. The van der Waals surface area contributed by atoms with Crippen molar-refractivity contribution < 1.29 is 4.79 Å². The number of nitrogens with zero attached hydrogens (tertiary/aromatic N) is 2. The van der Waals surface area contributed by atoms with Crippen LogP contribution >= 0.6 is 0 Å². The molecule has 0 aromatic carbocycles. The normalized spacial score (nSPS) is 10.2. The highest BCUT2D eigenvalue weighted by molar-refractivity contribution is 5.94. The lowest BCUT2D eigenvalue weighted by Crippen LogP contribution is -2.13. The number of aryl methyl sites for hydroxylation is 1. The lowest BCUT2D eigenvalue weighted by atomic mass is 10.2. The fraction of sp³-hybridized carbons (Fsp3) is 0.500. The van der Waals surface area contributed by atoms with E-state index in [0.29, 0.717) is 18.7 Å². The molecule has 4 heteroatoms. The highest BCUT2D eigenvalue weighted by Crippen LogP contribution is 2.01. The van der Waals surface area contributed by atoms with Gasteiger partial charge in [0.05, 0.1) is 0 Å². The van der Waals surface area contributed by atoms with E-state index >= 15 is 0 Å². The van der Waals surface area contributed by atoms with Crippen LogP contribution in [0, 0.1) is 0 Å². The number of nitrogens with two attached hydrogens (primary N) is 1. The molecule has 0 aliphatic heterocycles. The van der Waals surface area contributed by atoms with E-state index in [-0.39, 0.29) is 5.78 Å². The average Bonchev–Trinajstić information content (AvgIpc) is 2.51. The molecule has 2 N–H and O–H groups in total. The third kappa shape index (κ3) is 1.71. The van der Waals surface area contributed by atoms with E-state index in [1.807, 2.05) is 6.92 Å². The number of rotatable bonds is 4. The minimum atomic E-state index is 0.0665. The van der Waals surface area contributed by atoms with Crippen LogP contribution < -0.4 is 5.73 Å². The number of Topliss-reactive ketones (excluding diaryl/α,β-unsaturated/α-hetero) is 1. The first-order valence-corrected chi connectivity index (χ1v) is 4.04. The summed E-state index contributed by atoms with van der Waals surface area (Å²) in [5.41, 5.74) is 5.93. The molecule has 0 aliphatic carbocycles. The van der Waals surface area contributed by atoms with Gasteiger partial charge >= 0.3 is 0 Å². The second-order valence-corrected chi connectivity index (χ2v) is 2.49. The number of hydrogen-bond donors (Lipinski definition) is 1. The Balaban J connectivity index is 2.79. The third-order valence-electron chi connectivity index (χ3n) is 1.67. The summed E-state index contributed by atoms with van der Waals surface area (Å²) in [7, 11) is 0. The summed E-state index contributed by atoms with van der Waals surface area (Å²) in [5.74, 6) is 0.0665. The number of carbonyl (C=O) groups excluding carboxylic acids is 1. The quantitative estimate of drug-likeness (QED) is 0.662. The summed E-state index contributed by atoms with van der Waals surface area (Å²) < 4.78 is 1.68. The second-order valence-electron chi connectivity index (χ2n) is 2.49. The van der Waals surface area contributed by atoms with Crippen LogP contribution in [-0.4, -0.2) is 22.1 Å². The minimum Gasteiger partial charge on any atom is -0.330 e. The Morgan fingerprint density at radius 3 is 3.08 bits per heavy atom. The highest BCUT2D eigenvalue weighted by atomic mass is 16.1. The molecular formula is C8H13N3O. The summed E-state index contributed by atoms with van der Waals surface area (Å²) >= 11 is 0. The van der Waals surface area contributed by atoms with Gasteiger partial charge in [-0.2, -0.15) is 5.10 Å². The Hall–Kier alpha value is -1.16. The third-order valence-corrected chi connectivity index (χ3v) is 1.67. The van der Waals surface area contributed by atoms with Crippen molar-refractivity contribution >= 4 is 5.78 Å². The van der Waals surface area contributed by atoms with E-state index < -0.39 is 0 Å². The molecule has 1 aromatic heterocycles. The number of hydrogen-bond acceptors (Lipinski definition) is 3. The Morgan fingerprint density at radius 2 is 2.50 bits per heavy atom. The fourth-order valence-corrected chi connectivity index (χ4v) is 1.08. The van der Waals surface area contributed by atoms with E-state index in [4.69, 9.17) is 5.73 Å². The minimum absolute atomic E-state index is 0.0665. The Morgan fingerprint density at radius 1 is 1.75 bits per heavy atom. The molecule has 0 radical (unpaired) electrons.